The molecule has 1 unspecified atom stereocenters. The number of hydrogen-bond acceptors (Lipinski definition) is 4. The van der Waals surface area contributed by atoms with E-state index in [1.54, 1.807) is 11.9 Å². The Labute approximate surface area is 209 Å². The number of carbonyl (C=O) groups is 3. The van der Waals surface area contributed by atoms with Gasteiger partial charge in [0.15, 0.2) is 0 Å². The lowest BCUT2D eigenvalue weighted by Crippen LogP contribution is -2.54. The molecule has 1 fully saturated rings. The van der Waals surface area contributed by atoms with Crippen molar-refractivity contribution < 1.29 is 19.5 Å². The van der Waals surface area contributed by atoms with E-state index < -0.39 is 29.8 Å². The minimum absolute atomic E-state index is 0.0275. The van der Waals surface area contributed by atoms with E-state index >= 15 is 0 Å². The van der Waals surface area contributed by atoms with E-state index in [0.717, 1.165) is 31.2 Å². The quantitative estimate of drug-likeness (QED) is 0.422. The number of hydrogen-bond donors (Lipinski definition) is 3. The normalized spacial score (nSPS) is 27.3. The van der Waals surface area contributed by atoms with Crippen LogP contribution in [0.2, 0.25) is 0 Å². The van der Waals surface area contributed by atoms with Gasteiger partial charge in [-0.1, -0.05) is 69.2 Å². The average Bonchev–Trinajstić information content (AvgIpc) is 3.15. The lowest BCUT2D eigenvalue weighted by molar-refractivity contribution is -0.143. The van der Waals surface area contributed by atoms with Gasteiger partial charge in [0.1, 0.15) is 6.04 Å². The zero-order valence-electron chi connectivity index (χ0n) is 21.4. The van der Waals surface area contributed by atoms with Crippen molar-refractivity contribution in [3.8, 4) is 0 Å². The standard InChI is InChI=1S/C28H41N3O4/c1-5-10-18(3)30-27(34)25-22-15-14-20(11-6-2)23(26(33)29-4)24(22)28(35)31(25)21(17-32)16-19-12-8-7-9-13-19/h7-9,12-15,18,20-25,32H,5-6,10-11,16-17H2,1-4H3,(H,29,33)(H,30,34)/t18?,20-,21-,22+,23-,24+,25+/m1/s1. The SMILES string of the molecule is CCCC(C)NC(=O)[C@@H]1[C@H]2C=C[C@@H](CCC)[C@@H](C(=O)NC)[C@H]2C(=O)N1[C@@H](CO)Cc1ccccc1. The zero-order chi connectivity index (χ0) is 25.5. The highest BCUT2D eigenvalue weighted by atomic mass is 16.3. The van der Waals surface area contributed by atoms with Crippen molar-refractivity contribution in [2.75, 3.05) is 13.7 Å². The van der Waals surface area contributed by atoms with Gasteiger partial charge in [-0.15, -0.1) is 0 Å². The number of nitrogens with zero attached hydrogens (tertiary/aromatic N) is 1. The predicted molar refractivity (Wildman–Crippen MR) is 136 cm³/mol. The van der Waals surface area contributed by atoms with Crippen molar-refractivity contribution in [2.24, 2.45) is 23.7 Å². The van der Waals surface area contributed by atoms with E-state index in [-0.39, 0.29) is 36.3 Å². The Hall–Kier alpha value is -2.67. The second-order valence-corrected chi connectivity index (χ2v) is 10.00. The molecule has 7 atom stereocenters. The molecular weight excluding hydrogens is 442 g/mol. The van der Waals surface area contributed by atoms with Crippen LogP contribution in [0.25, 0.3) is 0 Å². The predicted octanol–water partition coefficient (Wildman–Crippen LogP) is 2.69. The first-order chi connectivity index (χ1) is 16.9. The fourth-order valence-corrected chi connectivity index (χ4v) is 5.94. The molecule has 1 aromatic carbocycles. The first-order valence-electron chi connectivity index (χ1n) is 13.0. The number of aliphatic hydroxyl groups is 1. The molecule has 0 radical (unpaired) electrons. The van der Waals surface area contributed by atoms with Crippen LogP contribution in [0.15, 0.2) is 42.5 Å². The van der Waals surface area contributed by atoms with Crippen LogP contribution in [-0.2, 0) is 20.8 Å². The summed E-state index contributed by atoms with van der Waals surface area (Å²) in [6.45, 7) is 5.84. The third-order valence-corrected chi connectivity index (χ3v) is 7.52. The van der Waals surface area contributed by atoms with E-state index in [4.69, 9.17) is 0 Å². The van der Waals surface area contributed by atoms with Gasteiger partial charge in [0.05, 0.1) is 24.5 Å². The van der Waals surface area contributed by atoms with Gasteiger partial charge in [-0.05, 0) is 37.7 Å². The highest BCUT2D eigenvalue weighted by Crippen LogP contribution is 2.46. The Balaban J connectivity index is 2.03. The Morgan fingerprint density at radius 2 is 1.80 bits per heavy atom. The minimum atomic E-state index is -0.765. The molecule has 1 aromatic rings. The number of benzene rings is 1. The number of rotatable bonds is 11. The third-order valence-electron chi connectivity index (χ3n) is 7.52. The molecule has 1 aliphatic carbocycles. The Bertz CT molecular complexity index is 903. The number of carbonyl (C=O) groups excluding carboxylic acids is 3. The first kappa shape index (κ1) is 26.9. The summed E-state index contributed by atoms with van der Waals surface area (Å²) in [5.41, 5.74) is 0.981. The van der Waals surface area contributed by atoms with Gasteiger partial charge in [-0.2, -0.15) is 0 Å². The average molecular weight is 484 g/mol. The smallest absolute Gasteiger partial charge is 0.243 e. The van der Waals surface area contributed by atoms with Crippen LogP contribution in [-0.4, -0.2) is 59.5 Å². The van der Waals surface area contributed by atoms with Crippen LogP contribution in [0.5, 0.6) is 0 Å². The largest absolute Gasteiger partial charge is 0.394 e. The summed E-state index contributed by atoms with van der Waals surface area (Å²) in [6, 6.07) is 8.33. The molecule has 3 N–H and O–H groups in total. The monoisotopic (exact) mass is 483 g/mol. The van der Waals surface area contributed by atoms with E-state index in [0.29, 0.717) is 6.42 Å². The van der Waals surface area contributed by atoms with Crippen LogP contribution in [0.4, 0.5) is 0 Å². The molecule has 0 spiro atoms. The summed E-state index contributed by atoms with van der Waals surface area (Å²) in [5, 5.41) is 16.2. The summed E-state index contributed by atoms with van der Waals surface area (Å²) in [4.78, 5) is 42.3. The molecule has 0 bridgehead atoms. The van der Waals surface area contributed by atoms with Gasteiger partial charge < -0.3 is 20.6 Å². The molecule has 2 aliphatic rings. The highest BCUT2D eigenvalue weighted by Gasteiger charge is 2.58. The van der Waals surface area contributed by atoms with Crippen molar-refractivity contribution in [2.45, 2.75) is 71.0 Å². The molecule has 192 valence electrons. The van der Waals surface area contributed by atoms with Crippen molar-refractivity contribution >= 4 is 17.7 Å². The first-order valence-corrected chi connectivity index (χ1v) is 13.0. The third kappa shape index (κ3) is 5.77. The molecule has 35 heavy (non-hydrogen) atoms. The zero-order valence-corrected chi connectivity index (χ0v) is 21.4. The maximum absolute atomic E-state index is 14.1. The van der Waals surface area contributed by atoms with Crippen molar-refractivity contribution in [1.29, 1.82) is 0 Å². The van der Waals surface area contributed by atoms with Crippen LogP contribution < -0.4 is 10.6 Å². The lowest BCUT2D eigenvalue weighted by Gasteiger charge is -2.35. The molecule has 7 nitrogen and oxygen atoms in total. The molecule has 3 rings (SSSR count). The Kier molecular flexibility index (Phi) is 9.49. The molecule has 3 amide bonds. The van der Waals surface area contributed by atoms with Gasteiger partial charge in [-0.25, -0.2) is 0 Å². The summed E-state index contributed by atoms with van der Waals surface area (Å²) < 4.78 is 0. The van der Waals surface area contributed by atoms with Crippen LogP contribution >= 0.6 is 0 Å². The fraction of sp³-hybridized carbons (Fsp3) is 0.607. The molecule has 0 aromatic heterocycles. The number of nitrogens with one attached hydrogen (secondary N) is 2. The van der Waals surface area contributed by atoms with Crippen LogP contribution in [0, 0.1) is 23.7 Å². The number of likely N-dealkylation sites (tertiary alicyclic amines) is 1. The summed E-state index contributed by atoms with van der Waals surface area (Å²) >= 11 is 0. The van der Waals surface area contributed by atoms with E-state index in [2.05, 4.69) is 24.5 Å². The van der Waals surface area contributed by atoms with E-state index in [1.807, 2.05) is 49.4 Å². The summed E-state index contributed by atoms with van der Waals surface area (Å²) in [6.07, 6.45) is 7.90. The molecule has 1 aliphatic heterocycles. The topological polar surface area (TPSA) is 98.7 Å². The number of fused-ring (bicyclic) bond motifs is 1. The number of aliphatic hydroxyl groups excluding tert-OH is 1. The van der Waals surface area contributed by atoms with Gasteiger partial charge in [0.2, 0.25) is 17.7 Å². The second-order valence-electron chi connectivity index (χ2n) is 10.00. The molecule has 7 heteroatoms. The summed E-state index contributed by atoms with van der Waals surface area (Å²) in [7, 11) is 1.60. The van der Waals surface area contributed by atoms with Crippen LogP contribution in [0.3, 0.4) is 0 Å². The van der Waals surface area contributed by atoms with Crippen molar-refractivity contribution in [1.82, 2.24) is 15.5 Å². The minimum Gasteiger partial charge on any atom is -0.394 e. The van der Waals surface area contributed by atoms with Gasteiger partial charge in [0.25, 0.3) is 0 Å². The summed E-state index contributed by atoms with van der Waals surface area (Å²) in [5.74, 6) is -2.24. The maximum atomic E-state index is 14.1. The van der Waals surface area contributed by atoms with E-state index in [1.165, 1.54) is 0 Å². The Morgan fingerprint density at radius 1 is 1.09 bits per heavy atom. The van der Waals surface area contributed by atoms with Gasteiger partial charge >= 0.3 is 0 Å². The fourth-order valence-electron chi connectivity index (χ4n) is 5.94. The molecule has 1 saturated heterocycles. The van der Waals surface area contributed by atoms with Gasteiger partial charge in [0, 0.05) is 19.0 Å². The van der Waals surface area contributed by atoms with Crippen LogP contribution in [0.1, 0.15) is 52.0 Å². The highest BCUT2D eigenvalue weighted by molar-refractivity contribution is 5.97. The number of amides is 3. The molecular formula is C28H41N3O4. The number of allylic oxidation sites excluding steroid dienone is 1. The van der Waals surface area contributed by atoms with E-state index in [9.17, 15) is 19.5 Å². The van der Waals surface area contributed by atoms with Gasteiger partial charge in [-0.3, -0.25) is 14.4 Å². The lowest BCUT2D eigenvalue weighted by atomic mass is 9.68. The Morgan fingerprint density at radius 3 is 2.40 bits per heavy atom. The van der Waals surface area contributed by atoms with Crippen molar-refractivity contribution in [3.05, 3.63) is 48.0 Å². The van der Waals surface area contributed by atoms with Crippen molar-refractivity contribution in [3.63, 3.8) is 0 Å². The maximum Gasteiger partial charge on any atom is 0.243 e. The molecule has 0 saturated carbocycles. The second kappa shape index (κ2) is 12.3. The molecule has 1 heterocycles.